The normalized spacial score (nSPS) is 15.8. The van der Waals surface area contributed by atoms with Gasteiger partial charge in [-0.05, 0) is 0 Å². The van der Waals surface area contributed by atoms with Crippen LogP contribution in [0.1, 0.15) is 0 Å². The molecular weight excluding hydrogens is 262 g/mol. The van der Waals surface area contributed by atoms with Crippen LogP contribution in [0.3, 0.4) is 0 Å². The zero-order chi connectivity index (χ0) is 10.3. The van der Waals surface area contributed by atoms with Crippen LogP contribution in [0.15, 0.2) is 30.5 Å². The summed E-state index contributed by atoms with van der Waals surface area (Å²) in [5.74, 6) is 0.359. The quantitative estimate of drug-likeness (QED) is 0.378. The summed E-state index contributed by atoms with van der Waals surface area (Å²) in [6.45, 7) is 0. The molecular formula is C6O8P2. The number of benzene rings is 1. The number of rotatable bonds is 0. The van der Waals surface area contributed by atoms with E-state index in [0.29, 0.717) is 33.7 Å². The molecule has 1 aliphatic rings. The molecule has 2 atom stereocenters. The topological polar surface area (TPSA) is 101 Å². The fraction of sp³-hybridized carbons (Fsp3) is 0. The lowest BCUT2D eigenvalue weighted by atomic mass is 10.3. The number of hydrogen-bond donors (Lipinski definition) is 0. The zero-order valence-corrected chi connectivity index (χ0v) is 8.95. The molecule has 0 radical (unpaired) electrons. The highest BCUT2D eigenvalue weighted by atomic mass is 31.1. The molecule has 3 aromatic heterocycles. The minimum atomic E-state index is -1.74. The van der Waals surface area contributed by atoms with Crippen LogP contribution in [-0.4, -0.2) is 0 Å². The van der Waals surface area contributed by atoms with Crippen molar-refractivity contribution >= 4 is 44.2 Å². The zero-order valence-electron chi connectivity index (χ0n) is 7.16. The number of hydrogen-bond acceptors (Lipinski definition) is 8. The van der Waals surface area contributed by atoms with E-state index in [-0.39, 0.29) is 0 Å². The van der Waals surface area contributed by atoms with Crippen molar-refractivity contribution in [3.05, 3.63) is 0 Å². The van der Waals surface area contributed by atoms with Gasteiger partial charge in [-0.3, -0.25) is 9.15 Å². The molecule has 2 unspecified atom stereocenters. The van der Waals surface area contributed by atoms with E-state index in [0.717, 1.165) is 0 Å². The Labute approximate surface area is 85.7 Å². The van der Waals surface area contributed by atoms with Crippen LogP contribution >= 0.6 is 16.3 Å². The maximum atomic E-state index is 5.41. The Bertz CT molecular complexity index is 880. The third kappa shape index (κ3) is 0.662. The van der Waals surface area contributed by atoms with Crippen LogP contribution in [-0.2, 0) is 0 Å². The lowest BCUT2D eigenvalue weighted by Gasteiger charge is -1.93. The van der Waals surface area contributed by atoms with Crippen molar-refractivity contribution in [2.75, 3.05) is 0 Å². The lowest BCUT2D eigenvalue weighted by Crippen LogP contribution is -1.76. The second-order valence-electron chi connectivity index (χ2n) is 3.10. The van der Waals surface area contributed by atoms with Gasteiger partial charge in [0.15, 0.2) is 0 Å². The van der Waals surface area contributed by atoms with E-state index in [1.165, 1.54) is 0 Å². The predicted molar refractivity (Wildman–Crippen MR) is 48.2 cm³/mol. The maximum Gasteiger partial charge on any atom is 0.528 e. The molecule has 0 saturated heterocycles. The Kier molecular flexibility index (Phi) is 1.01. The van der Waals surface area contributed by atoms with Crippen LogP contribution in [0, 0.1) is 0 Å². The van der Waals surface area contributed by atoms with Crippen molar-refractivity contribution < 1.29 is 35.0 Å². The highest BCUT2D eigenvalue weighted by Gasteiger charge is 2.33. The summed E-state index contributed by atoms with van der Waals surface area (Å²) in [4.78, 5) is 0. The average molecular weight is 262 g/mol. The molecule has 5 rings (SSSR count). The monoisotopic (exact) mass is 262 g/mol. The minimum absolute atomic E-state index is 0.295. The molecule has 82 valence electrons. The third-order valence-corrected chi connectivity index (χ3v) is 3.98. The van der Waals surface area contributed by atoms with Gasteiger partial charge < -0.3 is 17.1 Å². The Morgan fingerprint density at radius 1 is 0.688 bits per heavy atom. The minimum Gasteiger partial charge on any atom is -0.382 e. The van der Waals surface area contributed by atoms with E-state index < -0.39 is 16.3 Å². The van der Waals surface area contributed by atoms with Gasteiger partial charge in [0.05, 0.1) is 0 Å². The molecule has 0 aliphatic carbocycles. The summed E-state index contributed by atoms with van der Waals surface area (Å²) in [5, 5.41) is 0. The second kappa shape index (κ2) is 2.16. The van der Waals surface area contributed by atoms with Gasteiger partial charge in [-0.1, -0.05) is 0 Å². The molecule has 4 heterocycles. The molecule has 6 bridgehead atoms. The Morgan fingerprint density at radius 3 is 2.38 bits per heavy atom. The lowest BCUT2D eigenvalue weighted by molar-refractivity contribution is 0.0657. The largest absolute Gasteiger partial charge is 0.528 e. The second-order valence-corrected chi connectivity index (χ2v) is 5.03. The molecule has 0 amide bonds. The highest BCUT2D eigenvalue weighted by Crippen LogP contribution is 2.54. The van der Waals surface area contributed by atoms with Gasteiger partial charge in [-0.25, -0.2) is 0 Å². The van der Waals surface area contributed by atoms with E-state index in [9.17, 15) is 0 Å². The van der Waals surface area contributed by atoms with Crippen molar-refractivity contribution in [3.8, 4) is 5.75 Å². The number of fused-ring (bicyclic) bond motifs is 3. The van der Waals surface area contributed by atoms with Crippen molar-refractivity contribution in [1.82, 2.24) is 0 Å². The van der Waals surface area contributed by atoms with E-state index in [1.807, 2.05) is 0 Å². The average Bonchev–Trinajstić information content (AvgIpc) is 2.54. The van der Waals surface area contributed by atoms with E-state index in [2.05, 4.69) is 0 Å². The summed E-state index contributed by atoms with van der Waals surface area (Å²) in [6.07, 6.45) is 0. The van der Waals surface area contributed by atoms with E-state index in [4.69, 9.17) is 35.0 Å². The molecule has 4 aromatic rings. The highest BCUT2D eigenvalue weighted by molar-refractivity contribution is 7.32. The van der Waals surface area contributed by atoms with E-state index in [1.54, 1.807) is 0 Å². The standard InChI is InChI=1S/C6O8P2/c7-1-3-4-2-6(12-16(13-7)14-8-2)5(1)11-15(9-3)10-4. The van der Waals surface area contributed by atoms with Gasteiger partial charge in [-0.2, -0.15) is 8.71 Å². The van der Waals surface area contributed by atoms with Crippen molar-refractivity contribution in [1.29, 1.82) is 0 Å². The Morgan fingerprint density at radius 2 is 1.44 bits per heavy atom. The van der Waals surface area contributed by atoms with Gasteiger partial charge >= 0.3 is 16.3 Å². The molecule has 1 aromatic carbocycles. The van der Waals surface area contributed by atoms with Crippen LogP contribution in [0.25, 0.3) is 27.9 Å². The first-order valence-corrected chi connectivity index (χ1v) is 6.34. The van der Waals surface area contributed by atoms with Crippen molar-refractivity contribution in [2.45, 2.75) is 0 Å². The van der Waals surface area contributed by atoms with Crippen molar-refractivity contribution in [3.63, 3.8) is 0 Å². The Balaban J connectivity index is 2.41. The fourth-order valence-electron chi connectivity index (χ4n) is 1.63. The van der Waals surface area contributed by atoms with Crippen molar-refractivity contribution in [2.24, 2.45) is 0 Å². The first-order chi connectivity index (χ1) is 7.90. The van der Waals surface area contributed by atoms with Crippen LogP contribution in [0.2, 0.25) is 0 Å². The molecule has 8 nitrogen and oxygen atoms in total. The van der Waals surface area contributed by atoms with Gasteiger partial charge in [-0.15, -0.1) is 0 Å². The van der Waals surface area contributed by atoms with Gasteiger partial charge in [0.1, 0.15) is 0 Å². The first kappa shape index (κ1) is 7.49. The maximum absolute atomic E-state index is 5.41. The SMILES string of the molecule is O1c2c3op1oc1c3oop3ooc2c1o3. The van der Waals surface area contributed by atoms with Gasteiger partial charge in [0.2, 0.25) is 22.5 Å². The van der Waals surface area contributed by atoms with Gasteiger partial charge in [0.25, 0.3) is 11.2 Å². The predicted octanol–water partition coefficient (Wildman–Crippen LogP) is 4.41. The molecule has 10 heteroatoms. The summed E-state index contributed by atoms with van der Waals surface area (Å²) in [7, 11) is -3.22. The van der Waals surface area contributed by atoms with Crippen LogP contribution in [0.4, 0.5) is 0 Å². The summed E-state index contributed by atoms with van der Waals surface area (Å²) < 4.78 is 41.3. The molecule has 0 spiro atoms. The van der Waals surface area contributed by atoms with Crippen LogP contribution < -0.4 is 4.52 Å². The molecule has 0 saturated carbocycles. The summed E-state index contributed by atoms with van der Waals surface area (Å²) >= 11 is 0. The van der Waals surface area contributed by atoms with Crippen LogP contribution in [0.5, 0.6) is 5.75 Å². The molecule has 0 fully saturated rings. The third-order valence-electron chi connectivity index (χ3n) is 2.26. The Hall–Kier alpha value is -1.78. The molecule has 0 N–H and O–H groups in total. The summed E-state index contributed by atoms with van der Waals surface area (Å²) in [5.41, 5.74) is 1.74. The summed E-state index contributed by atoms with van der Waals surface area (Å²) in [6, 6.07) is 0. The molecule has 16 heavy (non-hydrogen) atoms. The first-order valence-electron chi connectivity index (χ1n) is 4.15. The van der Waals surface area contributed by atoms with E-state index >= 15 is 0 Å². The fourth-order valence-corrected chi connectivity index (χ4v) is 3.36. The molecule has 1 aliphatic heterocycles. The van der Waals surface area contributed by atoms with Gasteiger partial charge in [0, 0.05) is 0 Å². The smallest absolute Gasteiger partial charge is 0.382 e.